The van der Waals surface area contributed by atoms with E-state index < -0.39 is 0 Å². The molecule has 0 atom stereocenters. The summed E-state index contributed by atoms with van der Waals surface area (Å²) < 4.78 is 0. The third-order valence-electron chi connectivity index (χ3n) is 7.16. The van der Waals surface area contributed by atoms with Crippen LogP contribution in [0.2, 0.25) is 0 Å². The van der Waals surface area contributed by atoms with Crippen LogP contribution in [0.4, 0.5) is 11.4 Å². The second-order valence-electron chi connectivity index (χ2n) is 10.8. The van der Waals surface area contributed by atoms with Gasteiger partial charge in [0.25, 0.3) is 0 Å². The molecule has 4 rings (SSSR count). The number of benzene rings is 1. The van der Waals surface area contributed by atoms with Crippen LogP contribution >= 0.6 is 0 Å². The molecule has 5 heteroatoms. The molecule has 0 unspecified atom stereocenters. The molecule has 1 aromatic carbocycles. The monoisotopic (exact) mass is 471 g/mol. The summed E-state index contributed by atoms with van der Waals surface area (Å²) in [6.07, 6.45) is 9.76. The van der Waals surface area contributed by atoms with E-state index in [-0.39, 0.29) is 5.41 Å². The maximum absolute atomic E-state index is 4.38. The lowest BCUT2D eigenvalue weighted by atomic mass is 9.92. The van der Waals surface area contributed by atoms with E-state index in [0.717, 1.165) is 52.1 Å². The summed E-state index contributed by atoms with van der Waals surface area (Å²) in [5.41, 5.74) is 8.29. The number of hydrogen-bond donors (Lipinski definition) is 0. The quantitative estimate of drug-likeness (QED) is 0.419. The Hall–Kier alpha value is -2.92. The van der Waals surface area contributed by atoms with Crippen LogP contribution in [0.3, 0.4) is 0 Å². The summed E-state index contributed by atoms with van der Waals surface area (Å²) in [5, 5.41) is 0. The summed E-state index contributed by atoms with van der Waals surface area (Å²) in [6, 6.07) is 13.4. The van der Waals surface area contributed by atoms with Crippen molar-refractivity contribution in [3.63, 3.8) is 0 Å². The summed E-state index contributed by atoms with van der Waals surface area (Å²) >= 11 is 0. The molecule has 1 aliphatic rings. The molecule has 1 aliphatic heterocycles. The minimum atomic E-state index is 0.259. The van der Waals surface area contributed by atoms with E-state index in [9.17, 15) is 0 Å². The fraction of sp³-hybridized carbons (Fsp3) is 0.467. The number of aromatic nitrogens is 2. The Balaban J connectivity index is 1.50. The number of hydrogen-bond acceptors (Lipinski definition) is 5. The number of aryl methyl sites for hydroxylation is 1. The number of fused-ring (bicyclic) bond motifs is 1. The van der Waals surface area contributed by atoms with Gasteiger partial charge >= 0.3 is 0 Å². The molecule has 3 heterocycles. The molecular weight excluding hydrogens is 430 g/mol. The fourth-order valence-corrected chi connectivity index (χ4v) is 5.25. The topological polar surface area (TPSA) is 35.5 Å². The predicted octanol–water partition coefficient (Wildman–Crippen LogP) is 5.37. The standard InChI is InChI=1S/C30H41N5/c1-6-35-23-30(3,4)22-33(5)29-18-25(9-10-28(29)35)12-16-34(17-13-26-8-7-14-31-19-26)21-27-20-32-15-11-24(27)2/h7-11,14-15,18-20H,6,12-13,16-17,21-23H2,1-5H3. The van der Waals surface area contributed by atoms with Gasteiger partial charge < -0.3 is 9.80 Å². The molecule has 0 bridgehead atoms. The first-order valence-corrected chi connectivity index (χ1v) is 12.9. The average molecular weight is 472 g/mol. The number of nitrogens with zero attached hydrogens (tertiary/aromatic N) is 5. The number of rotatable bonds is 9. The maximum Gasteiger partial charge on any atom is 0.0604 e. The summed E-state index contributed by atoms with van der Waals surface area (Å²) in [4.78, 5) is 16.2. The fourth-order valence-electron chi connectivity index (χ4n) is 5.25. The Bertz CT molecular complexity index is 1090. The molecule has 5 nitrogen and oxygen atoms in total. The molecule has 0 saturated heterocycles. The highest BCUT2D eigenvalue weighted by atomic mass is 15.2. The minimum Gasteiger partial charge on any atom is -0.372 e. The summed E-state index contributed by atoms with van der Waals surface area (Å²) in [7, 11) is 2.24. The van der Waals surface area contributed by atoms with Crippen molar-refractivity contribution in [1.29, 1.82) is 0 Å². The molecule has 0 spiro atoms. The zero-order valence-electron chi connectivity index (χ0n) is 22.2. The normalized spacial score (nSPS) is 15.3. The van der Waals surface area contributed by atoms with Crippen molar-refractivity contribution >= 4 is 11.4 Å². The molecule has 0 aliphatic carbocycles. The zero-order valence-corrected chi connectivity index (χ0v) is 22.2. The molecule has 0 N–H and O–H groups in total. The van der Waals surface area contributed by atoms with Crippen molar-refractivity contribution in [3.8, 4) is 0 Å². The van der Waals surface area contributed by atoms with Gasteiger partial charge in [-0.05, 0) is 78.6 Å². The molecule has 2 aromatic heterocycles. The first-order chi connectivity index (χ1) is 16.8. The van der Waals surface area contributed by atoms with Crippen molar-refractivity contribution in [3.05, 3.63) is 83.4 Å². The van der Waals surface area contributed by atoms with Crippen molar-refractivity contribution in [2.45, 2.75) is 47.1 Å². The van der Waals surface area contributed by atoms with Crippen LogP contribution in [-0.2, 0) is 19.4 Å². The Morgan fingerprint density at radius 2 is 1.69 bits per heavy atom. The predicted molar refractivity (Wildman–Crippen MR) is 147 cm³/mol. The van der Waals surface area contributed by atoms with Crippen molar-refractivity contribution < 1.29 is 0 Å². The van der Waals surface area contributed by atoms with Gasteiger partial charge in [-0.25, -0.2) is 0 Å². The van der Waals surface area contributed by atoms with Gasteiger partial charge in [0.1, 0.15) is 0 Å². The van der Waals surface area contributed by atoms with E-state index in [2.05, 4.69) is 89.7 Å². The lowest BCUT2D eigenvalue weighted by molar-refractivity contribution is 0.271. The summed E-state index contributed by atoms with van der Waals surface area (Å²) in [6.45, 7) is 15.3. The molecule has 0 amide bonds. The molecule has 0 fully saturated rings. The Morgan fingerprint density at radius 1 is 0.914 bits per heavy atom. The Labute approximate surface area is 211 Å². The molecule has 0 radical (unpaired) electrons. The molecule has 186 valence electrons. The van der Waals surface area contributed by atoms with Crippen molar-refractivity contribution in [2.75, 3.05) is 49.6 Å². The number of anilines is 2. The first kappa shape index (κ1) is 25.2. The third-order valence-corrected chi connectivity index (χ3v) is 7.16. The van der Waals surface area contributed by atoms with Gasteiger partial charge in [0.05, 0.1) is 11.4 Å². The van der Waals surface area contributed by atoms with Gasteiger partial charge in [-0.15, -0.1) is 0 Å². The van der Waals surface area contributed by atoms with Crippen LogP contribution in [0, 0.1) is 12.3 Å². The smallest absolute Gasteiger partial charge is 0.0604 e. The van der Waals surface area contributed by atoms with Crippen LogP contribution in [0.25, 0.3) is 0 Å². The highest BCUT2D eigenvalue weighted by Gasteiger charge is 2.29. The molecule has 0 saturated carbocycles. The molecule has 3 aromatic rings. The SMILES string of the molecule is CCN1CC(C)(C)CN(C)c2cc(CCN(CCc3cccnc3)Cc3cnccc3C)ccc21. The Morgan fingerprint density at radius 3 is 2.40 bits per heavy atom. The third kappa shape index (κ3) is 6.61. The van der Waals surface area contributed by atoms with E-state index in [4.69, 9.17) is 0 Å². The van der Waals surface area contributed by atoms with Gasteiger partial charge in [-0.1, -0.05) is 26.0 Å². The van der Waals surface area contributed by atoms with Crippen LogP contribution < -0.4 is 9.80 Å². The van der Waals surface area contributed by atoms with Gasteiger partial charge in [0, 0.05) is 71.1 Å². The number of pyridine rings is 2. The Kier molecular flexibility index (Phi) is 8.07. The van der Waals surface area contributed by atoms with E-state index >= 15 is 0 Å². The molecule has 35 heavy (non-hydrogen) atoms. The van der Waals surface area contributed by atoms with Gasteiger partial charge in [0.2, 0.25) is 0 Å². The van der Waals surface area contributed by atoms with Gasteiger partial charge in [-0.3, -0.25) is 14.9 Å². The maximum atomic E-state index is 4.38. The lowest BCUT2D eigenvalue weighted by Crippen LogP contribution is -2.37. The van der Waals surface area contributed by atoms with Gasteiger partial charge in [0.15, 0.2) is 0 Å². The van der Waals surface area contributed by atoms with Crippen LogP contribution in [0.5, 0.6) is 0 Å². The highest BCUT2D eigenvalue weighted by Crippen LogP contribution is 2.37. The van der Waals surface area contributed by atoms with Crippen LogP contribution in [-0.4, -0.2) is 54.6 Å². The largest absolute Gasteiger partial charge is 0.372 e. The van der Waals surface area contributed by atoms with E-state index in [0.29, 0.717) is 0 Å². The van der Waals surface area contributed by atoms with Crippen LogP contribution in [0.1, 0.15) is 43.0 Å². The zero-order chi connectivity index (χ0) is 24.8. The first-order valence-electron chi connectivity index (χ1n) is 12.9. The van der Waals surface area contributed by atoms with Crippen molar-refractivity contribution in [2.24, 2.45) is 5.41 Å². The second kappa shape index (κ2) is 11.2. The van der Waals surface area contributed by atoms with E-state index in [1.165, 1.54) is 33.6 Å². The van der Waals surface area contributed by atoms with Gasteiger partial charge in [-0.2, -0.15) is 0 Å². The van der Waals surface area contributed by atoms with Crippen LogP contribution in [0.15, 0.2) is 61.2 Å². The minimum absolute atomic E-state index is 0.259. The van der Waals surface area contributed by atoms with E-state index in [1.54, 1.807) is 0 Å². The summed E-state index contributed by atoms with van der Waals surface area (Å²) in [5.74, 6) is 0. The lowest BCUT2D eigenvalue weighted by Gasteiger charge is -2.30. The van der Waals surface area contributed by atoms with E-state index in [1.807, 2.05) is 30.9 Å². The average Bonchev–Trinajstić information content (AvgIpc) is 2.95. The van der Waals surface area contributed by atoms with Crippen molar-refractivity contribution in [1.82, 2.24) is 14.9 Å². The highest BCUT2D eigenvalue weighted by molar-refractivity contribution is 5.73. The second-order valence-corrected chi connectivity index (χ2v) is 10.8. The molecular formula is C30H41N5.